The molecule has 8 heteroatoms. The summed E-state index contributed by atoms with van der Waals surface area (Å²) in [7, 11) is 0. The van der Waals surface area contributed by atoms with Gasteiger partial charge in [-0.2, -0.15) is 13.2 Å². The number of rotatable bonds is 2. The van der Waals surface area contributed by atoms with Gasteiger partial charge in [-0.15, -0.1) is 0 Å². The molecule has 0 fully saturated rings. The Bertz CT molecular complexity index is 703. The van der Waals surface area contributed by atoms with Crippen molar-refractivity contribution in [3.05, 3.63) is 57.4 Å². The van der Waals surface area contributed by atoms with Crippen molar-refractivity contribution in [2.24, 2.45) is 0 Å². The molecule has 0 aliphatic rings. The fourth-order valence-corrected chi connectivity index (χ4v) is 2.19. The second-order valence-corrected chi connectivity index (χ2v) is 5.53. The maximum atomic E-state index is 13.5. The number of anilines is 2. The molecular weight excluding hydrogens is 415 g/mol. The summed E-state index contributed by atoms with van der Waals surface area (Å²) in [4.78, 5) is 11.7. The van der Waals surface area contributed by atoms with Gasteiger partial charge in [0, 0.05) is 9.26 Å². The molecule has 0 aliphatic heterocycles. The first-order valence-corrected chi connectivity index (χ1v) is 7.04. The van der Waals surface area contributed by atoms with E-state index >= 15 is 0 Å². The summed E-state index contributed by atoms with van der Waals surface area (Å²) in [6.45, 7) is 0. The van der Waals surface area contributed by atoms with Gasteiger partial charge in [0.1, 0.15) is 5.82 Å². The third-order valence-corrected chi connectivity index (χ3v) is 3.30. The molecule has 2 aromatic carbocycles. The number of urea groups is 1. The summed E-state index contributed by atoms with van der Waals surface area (Å²) in [5, 5.41) is 4.48. The van der Waals surface area contributed by atoms with Crippen molar-refractivity contribution >= 4 is 40.0 Å². The van der Waals surface area contributed by atoms with Crippen LogP contribution in [0.25, 0.3) is 0 Å². The minimum Gasteiger partial charge on any atom is -0.308 e. The highest BCUT2D eigenvalue weighted by Gasteiger charge is 2.31. The number of carbonyl (C=O) groups is 1. The highest BCUT2D eigenvalue weighted by molar-refractivity contribution is 14.1. The number of benzene rings is 2. The molecule has 0 aliphatic carbocycles. The first-order chi connectivity index (χ1) is 10.3. The molecule has 2 rings (SSSR count). The van der Waals surface area contributed by atoms with E-state index in [0.29, 0.717) is 23.9 Å². The first-order valence-electron chi connectivity index (χ1n) is 5.96. The highest BCUT2D eigenvalue weighted by Crippen LogP contribution is 2.31. The second kappa shape index (κ2) is 6.51. The van der Waals surface area contributed by atoms with E-state index in [2.05, 4.69) is 10.6 Å². The molecule has 2 amide bonds. The molecule has 0 heterocycles. The minimum atomic E-state index is -4.61. The number of alkyl halides is 3. The molecule has 2 N–H and O–H groups in total. The monoisotopic (exact) mass is 424 g/mol. The smallest absolute Gasteiger partial charge is 0.308 e. The normalized spacial score (nSPS) is 11.1. The Hall–Kier alpha value is -1.84. The molecule has 0 radical (unpaired) electrons. The number of nitrogens with one attached hydrogen (secondary N) is 2. The van der Waals surface area contributed by atoms with Crippen LogP contribution in [0, 0.1) is 9.39 Å². The zero-order chi connectivity index (χ0) is 16.3. The third-order valence-electron chi connectivity index (χ3n) is 2.62. The van der Waals surface area contributed by atoms with Gasteiger partial charge in [-0.05, 0) is 59.0 Å². The number of halogens is 5. The molecule has 0 aromatic heterocycles. The number of amides is 2. The van der Waals surface area contributed by atoms with Crippen LogP contribution in [0.3, 0.4) is 0 Å². The van der Waals surface area contributed by atoms with Crippen molar-refractivity contribution < 1.29 is 22.4 Å². The van der Waals surface area contributed by atoms with Gasteiger partial charge < -0.3 is 10.6 Å². The van der Waals surface area contributed by atoms with E-state index in [4.69, 9.17) is 0 Å². The molecule has 0 bridgehead atoms. The summed E-state index contributed by atoms with van der Waals surface area (Å²) in [5.74, 6) is -0.953. The van der Waals surface area contributed by atoms with Gasteiger partial charge in [0.25, 0.3) is 0 Å². The van der Waals surface area contributed by atoms with Crippen molar-refractivity contribution in [3.8, 4) is 0 Å². The standard InChI is InChI=1S/C14H9F4IN2O/c15-11-5-4-8(14(16,17)18)6-12(11)21-13(22)20-10-3-1-2-9(19)7-10/h1-7H,(H2,20,21,22). The Morgan fingerprint density at radius 3 is 2.41 bits per heavy atom. The number of hydrogen-bond acceptors (Lipinski definition) is 1. The minimum absolute atomic E-state index is 0.441. The van der Waals surface area contributed by atoms with Crippen molar-refractivity contribution in [2.75, 3.05) is 10.6 Å². The van der Waals surface area contributed by atoms with Crippen molar-refractivity contribution in [2.45, 2.75) is 6.18 Å². The average molecular weight is 424 g/mol. The van der Waals surface area contributed by atoms with Gasteiger partial charge in [0.15, 0.2) is 0 Å². The predicted molar refractivity (Wildman–Crippen MR) is 83.2 cm³/mol. The quantitative estimate of drug-likeness (QED) is 0.512. The lowest BCUT2D eigenvalue weighted by atomic mass is 10.2. The van der Waals surface area contributed by atoms with Gasteiger partial charge in [-0.1, -0.05) is 6.07 Å². The molecule has 3 nitrogen and oxygen atoms in total. The van der Waals surface area contributed by atoms with Crippen LogP contribution in [0.2, 0.25) is 0 Å². The predicted octanol–water partition coefficient (Wildman–Crippen LogP) is 5.09. The average Bonchev–Trinajstić information content (AvgIpc) is 2.40. The van der Waals surface area contributed by atoms with Crippen molar-refractivity contribution in [3.63, 3.8) is 0 Å². The van der Waals surface area contributed by atoms with Gasteiger partial charge in [0.2, 0.25) is 0 Å². The summed E-state index contributed by atoms with van der Waals surface area (Å²) in [6, 6.07) is 7.73. The van der Waals surface area contributed by atoms with Crippen LogP contribution in [0.5, 0.6) is 0 Å². The van der Waals surface area contributed by atoms with Crippen LogP contribution in [0.15, 0.2) is 42.5 Å². The Morgan fingerprint density at radius 2 is 1.77 bits per heavy atom. The van der Waals surface area contributed by atoms with E-state index in [-0.39, 0.29) is 0 Å². The SMILES string of the molecule is O=C(Nc1cccc(I)c1)Nc1cc(C(F)(F)F)ccc1F. The van der Waals surface area contributed by atoms with E-state index in [9.17, 15) is 22.4 Å². The zero-order valence-electron chi connectivity index (χ0n) is 10.8. The van der Waals surface area contributed by atoms with E-state index in [1.165, 1.54) is 0 Å². The fraction of sp³-hybridized carbons (Fsp3) is 0.0714. The van der Waals surface area contributed by atoms with E-state index < -0.39 is 29.3 Å². The summed E-state index contributed by atoms with van der Waals surface area (Å²) >= 11 is 2.04. The highest BCUT2D eigenvalue weighted by atomic mass is 127. The topological polar surface area (TPSA) is 41.1 Å². The van der Waals surface area contributed by atoms with Gasteiger partial charge in [0.05, 0.1) is 11.3 Å². The second-order valence-electron chi connectivity index (χ2n) is 4.28. The Kier molecular flexibility index (Phi) is 4.89. The molecule has 116 valence electrons. The third kappa shape index (κ3) is 4.33. The van der Waals surface area contributed by atoms with Gasteiger partial charge in [-0.25, -0.2) is 9.18 Å². The maximum Gasteiger partial charge on any atom is 0.416 e. The fourth-order valence-electron chi connectivity index (χ4n) is 1.65. The Morgan fingerprint density at radius 1 is 1.05 bits per heavy atom. The Labute approximate surface area is 136 Å². The molecule has 0 spiro atoms. The molecule has 0 atom stereocenters. The van der Waals surface area contributed by atoms with Crippen LogP contribution in [-0.2, 0) is 6.18 Å². The van der Waals surface area contributed by atoms with E-state index in [1.54, 1.807) is 24.3 Å². The number of hydrogen-bond donors (Lipinski definition) is 2. The van der Waals surface area contributed by atoms with Crippen LogP contribution < -0.4 is 10.6 Å². The summed E-state index contributed by atoms with van der Waals surface area (Å²) in [5.41, 5.74) is -1.15. The summed E-state index contributed by atoms with van der Waals surface area (Å²) in [6.07, 6.45) is -4.61. The van der Waals surface area contributed by atoms with E-state index in [0.717, 1.165) is 3.57 Å². The molecule has 0 saturated carbocycles. The lowest BCUT2D eigenvalue weighted by Gasteiger charge is -2.12. The van der Waals surface area contributed by atoms with Crippen LogP contribution in [0.1, 0.15) is 5.56 Å². The lowest BCUT2D eigenvalue weighted by molar-refractivity contribution is -0.137. The largest absolute Gasteiger partial charge is 0.416 e. The van der Waals surface area contributed by atoms with Crippen LogP contribution >= 0.6 is 22.6 Å². The van der Waals surface area contributed by atoms with Crippen LogP contribution in [-0.4, -0.2) is 6.03 Å². The Balaban J connectivity index is 2.14. The first kappa shape index (κ1) is 16.5. The van der Waals surface area contributed by atoms with Crippen molar-refractivity contribution in [1.29, 1.82) is 0 Å². The zero-order valence-corrected chi connectivity index (χ0v) is 13.0. The molecule has 0 saturated heterocycles. The number of carbonyl (C=O) groups excluding carboxylic acids is 1. The van der Waals surface area contributed by atoms with Gasteiger partial charge in [-0.3, -0.25) is 0 Å². The van der Waals surface area contributed by atoms with E-state index in [1.807, 2.05) is 22.6 Å². The molecule has 2 aromatic rings. The molecule has 0 unspecified atom stereocenters. The lowest BCUT2D eigenvalue weighted by Crippen LogP contribution is -2.20. The van der Waals surface area contributed by atoms with Gasteiger partial charge >= 0.3 is 12.2 Å². The van der Waals surface area contributed by atoms with Crippen molar-refractivity contribution in [1.82, 2.24) is 0 Å². The molecule has 22 heavy (non-hydrogen) atoms. The summed E-state index contributed by atoms with van der Waals surface area (Å²) < 4.78 is 52.1. The molecular formula is C14H9F4IN2O. The van der Waals surface area contributed by atoms with Crippen LogP contribution in [0.4, 0.5) is 33.7 Å². The maximum absolute atomic E-state index is 13.5.